The summed E-state index contributed by atoms with van der Waals surface area (Å²) in [7, 11) is 0. The molecule has 0 aliphatic carbocycles. The van der Waals surface area contributed by atoms with Crippen LogP contribution in [0, 0.1) is 0 Å². The molecule has 4 rings (SSSR count). The summed E-state index contributed by atoms with van der Waals surface area (Å²) in [6.45, 7) is 0.345. The number of aromatic amines is 1. The van der Waals surface area contributed by atoms with Gasteiger partial charge in [0.1, 0.15) is 0 Å². The molecule has 2 nitrogen and oxygen atoms in total. The van der Waals surface area contributed by atoms with Gasteiger partial charge in [-0.2, -0.15) is 0 Å². The number of fused-ring (bicyclic) bond motifs is 2. The zero-order valence-electron chi connectivity index (χ0n) is 15.4. The predicted octanol–water partition coefficient (Wildman–Crippen LogP) is 5.59. The van der Waals surface area contributed by atoms with Crippen molar-refractivity contribution in [1.29, 1.82) is 0 Å². The third kappa shape index (κ3) is 3.16. The summed E-state index contributed by atoms with van der Waals surface area (Å²) in [6.07, 6.45) is 0. The van der Waals surface area contributed by atoms with Crippen molar-refractivity contribution in [3.63, 3.8) is 0 Å². The van der Waals surface area contributed by atoms with Crippen molar-refractivity contribution in [2.75, 3.05) is 0 Å². The van der Waals surface area contributed by atoms with Gasteiger partial charge in [0.15, 0.2) is 0 Å². The first kappa shape index (κ1) is 14.1. The minimum absolute atomic E-state index is 0. The summed E-state index contributed by atoms with van der Waals surface area (Å²) >= 11 is 0. The predicted molar refractivity (Wildman–Crippen MR) is 105 cm³/mol. The lowest BCUT2D eigenvalue weighted by Crippen LogP contribution is -2.18. The van der Waals surface area contributed by atoms with Crippen LogP contribution in [0.5, 0.6) is 0 Å². The molecule has 122 valence electrons. The minimum atomic E-state index is -1.66. The summed E-state index contributed by atoms with van der Waals surface area (Å²) in [5, 5.41) is 6.48. The maximum absolute atomic E-state index is 8.51. The molecule has 1 atom stereocenters. The highest BCUT2D eigenvalue weighted by molar-refractivity contribution is 5.86. The Labute approximate surface area is 151 Å². The standard InChI is InChI=1S/C21H20N2.ClH/c1-15(19-11-6-9-16-7-2-4-10-20(16)19)22-14-18-13-17-8-3-5-12-21(17)23-18;/h2-13,15,22-23H,14H2,1H3;1H/t15-;/m0./s1/i14+1D2;. The molecule has 4 aromatic rings. The highest BCUT2D eigenvalue weighted by atomic mass is 35.5. The molecule has 0 aliphatic rings. The number of hydrogen-bond donors (Lipinski definition) is 2. The van der Waals surface area contributed by atoms with Crippen LogP contribution >= 0.6 is 12.4 Å². The van der Waals surface area contributed by atoms with Gasteiger partial charge in [-0.1, -0.05) is 60.7 Å². The molecule has 0 spiro atoms. The van der Waals surface area contributed by atoms with Gasteiger partial charge in [-0.25, -0.2) is 0 Å². The average Bonchev–Trinajstić information content (AvgIpc) is 3.06. The molecule has 0 unspecified atom stereocenters. The number of hydrogen-bond acceptors (Lipinski definition) is 1. The van der Waals surface area contributed by atoms with Gasteiger partial charge in [0.05, 0.1) is 0 Å². The van der Waals surface area contributed by atoms with Crippen LogP contribution in [-0.4, -0.2) is 4.98 Å². The molecule has 1 heterocycles. The zero-order chi connectivity index (χ0) is 17.4. The zero-order valence-corrected chi connectivity index (χ0v) is 14.2. The van der Waals surface area contributed by atoms with E-state index in [2.05, 4.69) is 34.6 Å². The highest BCUT2D eigenvalue weighted by Crippen LogP contribution is 2.24. The van der Waals surface area contributed by atoms with E-state index in [1.54, 1.807) is 0 Å². The van der Waals surface area contributed by atoms with E-state index in [4.69, 9.17) is 2.74 Å². The Hall–Kier alpha value is -2.29. The van der Waals surface area contributed by atoms with Gasteiger partial charge in [0, 0.05) is 26.5 Å². The van der Waals surface area contributed by atoms with Crippen molar-refractivity contribution >= 4 is 34.1 Å². The molecule has 0 aliphatic heterocycles. The van der Waals surface area contributed by atoms with E-state index in [1.807, 2.05) is 55.5 Å². The minimum Gasteiger partial charge on any atom is -0.357 e. The molecule has 1 aromatic heterocycles. The van der Waals surface area contributed by atoms with Gasteiger partial charge in [-0.15, -0.1) is 12.4 Å². The molecule has 0 bridgehead atoms. The number of benzene rings is 3. The highest BCUT2D eigenvalue weighted by Gasteiger charge is 2.09. The fourth-order valence-electron chi connectivity index (χ4n) is 3.03. The van der Waals surface area contributed by atoms with Crippen LogP contribution in [0.1, 0.15) is 27.0 Å². The summed E-state index contributed by atoms with van der Waals surface area (Å²) in [5.74, 6) is 0. The average molecular weight is 340 g/mol. The first-order valence-electron chi connectivity index (χ1n) is 8.88. The quantitative estimate of drug-likeness (QED) is 0.466. The molecule has 3 aromatic carbocycles. The van der Waals surface area contributed by atoms with Crippen molar-refractivity contribution in [3.05, 3.63) is 84.1 Å². The maximum atomic E-state index is 8.51. The van der Waals surface area contributed by atoms with Crippen molar-refractivity contribution in [2.24, 2.45) is 0 Å². The summed E-state index contributed by atoms with van der Waals surface area (Å²) < 4.78 is 17.0. The molecule has 3 heteroatoms. The summed E-state index contributed by atoms with van der Waals surface area (Å²) in [6, 6.07) is 24.0. The van der Waals surface area contributed by atoms with Crippen LogP contribution in [0.2, 0.25) is 0 Å². The Morgan fingerprint density at radius 3 is 2.50 bits per heavy atom. The Morgan fingerprint density at radius 2 is 1.67 bits per heavy atom. The van der Waals surface area contributed by atoms with E-state index in [0.29, 0.717) is 5.69 Å². The molecule has 2 N–H and O–H groups in total. The van der Waals surface area contributed by atoms with Crippen molar-refractivity contribution in [1.82, 2.24) is 10.3 Å². The van der Waals surface area contributed by atoms with Crippen molar-refractivity contribution < 1.29 is 2.74 Å². The molecule has 0 saturated heterocycles. The summed E-state index contributed by atoms with van der Waals surface area (Å²) in [5.41, 5.74) is 2.58. The molecule has 24 heavy (non-hydrogen) atoms. The van der Waals surface area contributed by atoms with Crippen LogP contribution in [0.25, 0.3) is 21.7 Å². The number of aromatic nitrogens is 1. The van der Waals surface area contributed by atoms with E-state index < -0.39 is 6.50 Å². The number of nitrogens with one attached hydrogen (secondary N) is 2. The largest absolute Gasteiger partial charge is 0.357 e. The van der Waals surface area contributed by atoms with E-state index in [-0.39, 0.29) is 18.4 Å². The first-order valence-corrected chi connectivity index (χ1v) is 7.88. The lowest BCUT2D eigenvalue weighted by molar-refractivity contribution is 0.573. The monoisotopic (exact) mass is 339 g/mol. The van der Waals surface area contributed by atoms with E-state index >= 15 is 0 Å². The van der Waals surface area contributed by atoms with Crippen LogP contribution in [0.3, 0.4) is 0 Å². The van der Waals surface area contributed by atoms with Gasteiger partial charge in [-0.05, 0) is 40.8 Å². The normalized spacial score (nSPS) is 14.0. The van der Waals surface area contributed by atoms with Gasteiger partial charge in [0.25, 0.3) is 0 Å². The Morgan fingerprint density at radius 1 is 0.958 bits per heavy atom. The lowest BCUT2D eigenvalue weighted by Gasteiger charge is -2.16. The van der Waals surface area contributed by atoms with Crippen LogP contribution in [0.15, 0.2) is 72.8 Å². The van der Waals surface area contributed by atoms with E-state index in [1.165, 1.54) is 5.39 Å². The molecule has 0 saturated carbocycles. The fourth-order valence-corrected chi connectivity index (χ4v) is 3.03. The number of para-hydroxylation sites is 1. The second kappa shape index (κ2) is 7.08. The lowest BCUT2D eigenvalue weighted by atomic mass is 10.00. The molecular weight excluding hydrogens is 317 g/mol. The molecule has 0 radical (unpaired) electrons. The van der Waals surface area contributed by atoms with Crippen LogP contribution < -0.4 is 5.32 Å². The number of halogens is 1. The van der Waals surface area contributed by atoms with Gasteiger partial charge in [0.2, 0.25) is 0 Å². The SMILES string of the molecule is Cl.[2H][13C]([2H])(N[C@@H](C)c1cccc2ccccc12)c1cc2ccccc2[nH]1. The third-order valence-electron chi connectivity index (χ3n) is 4.24. The maximum Gasteiger partial charge on any atom is 0.0495 e. The second-order valence-corrected chi connectivity index (χ2v) is 5.83. The summed E-state index contributed by atoms with van der Waals surface area (Å²) in [4.78, 5) is 3.19. The molecular formula is C21H21ClN2. The first-order chi connectivity index (χ1) is 12.0. The number of rotatable bonds is 4. The van der Waals surface area contributed by atoms with Gasteiger partial charge < -0.3 is 10.3 Å². The van der Waals surface area contributed by atoms with Crippen molar-refractivity contribution in [2.45, 2.75) is 19.5 Å². The fraction of sp³-hybridized carbons (Fsp3) is 0.143. The number of H-pyrrole nitrogens is 1. The smallest absolute Gasteiger partial charge is 0.0495 e. The Bertz CT molecular complexity index is 1000. The van der Waals surface area contributed by atoms with Gasteiger partial charge in [-0.3, -0.25) is 0 Å². The molecule has 0 amide bonds. The van der Waals surface area contributed by atoms with E-state index in [0.717, 1.165) is 21.9 Å². The molecule has 0 fully saturated rings. The van der Waals surface area contributed by atoms with Crippen molar-refractivity contribution in [3.8, 4) is 0 Å². The van der Waals surface area contributed by atoms with Gasteiger partial charge >= 0.3 is 0 Å². The Kier molecular flexibility index (Phi) is 4.16. The second-order valence-electron chi connectivity index (χ2n) is 5.83. The van der Waals surface area contributed by atoms with E-state index in [9.17, 15) is 0 Å². The Balaban J connectivity index is 0.00000196. The van der Waals surface area contributed by atoms with Crippen LogP contribution in [-0.2, 0) is 6.50 Å². The topological polar surface area (TPSA) is 27.8 Å². The third-order valence-corrected chi connectivity index (χ3v) is 4.24. The van der Waals surface area contributed by atoms with Crippen LogP contribution in [0.4, 0.5) is 0 Å².